The van der Waals surface area contributed by atoms with Crippen molar-refractivity contribution in [3.05, 3.63) is 49.2 Å². The third-order valence-electron chi connectivity index (χ3n) is 2.83. The normalized spacial score (nSPS) is 12.5. The molecule has 0 bridgehead atoms. The summed E-state index contributed by atoms with van der Waals surface area (Å²) < 4.78 is 1.31. The van der Waals surface area contributed by atoms with Gasteiger partial charge in [-0.05, 0) is 73.2 Å². The monoisotopic (exact) mass is 357 g/mol. The van der Waals surface area contributed by atoms with Gasteiger partial charge in [0.2, 0.25) is 0 Å². The second-order valence-corrected chi connectivity index (χ2v) is 6.71. The average Bonchev–Trinajstić information content (AvgIpc) is 2.72. The summed E-state index contributed by atoms with van der Waals surface area (Å²) in [7, 11) is 0. The average molecular weight is 357 g/mol. The van der Waals surface area contributed by atoms with Crippen molar-refractivity contribution in [2.45, 2.75) is 26.8 Å². The van der Waals surface area contributed by atoms with E-state index in [1.165, 1.54) is 24.6 Å². The molecule has 0 aliphatic carbocycles. The first-order chi connectivity index (χ1) is 8.08. The van der Waals surface area contributed by atoms with Gasteiger partial charge in [0, 0.05) is 19.0 Å². The van der Waals surface area contributed by atoms with Crippen molar-refractivity contribution in [1.29, 1.82) is 0 Å². The van der Waals surface area contributed by atoms with Crippen molar-refractivity contribution >= 4 is 39.6 Å². The Morgan fingerprint density at radius 1 is 1.18 bits per heavy atom. The Bertz CT molecular complexity index is 519. The van der Waals surface area contributed by atoms with Crippen LogP contribution in [-0.2, 0) is 0 Å². The van der Waals surface area contributed by atoms with E-state index in [1.807, 2.05) is 11.3 Å². The SMILES string of the molecule is Cc1ccc(C(C)Nc2cccc(I)c2C)s1. The van der Waals surface area contributed by atoms with Gasteiger partial charge in [0.1, 0.15) is 0 Å². The van der Waals surface area contributed by atoms with Crippen LogP contribution < -0.4 is 5.32 Å². The summed E-state index contributed by atoms with van der Waals surface area (Å²) in [6.07, 6.45) is 0. The van der Waals surface area contributed by atoms with E-state index >= 15 is 0 Å². The summed E-state index contributed by atoms with van der Waals surface area (Å²) in [4.78, 5) is 2.76. The number of nitrogens with one attached hydrogen (secondary N) is 1. The largest absolute Gasteiger partial charge is 0.377 e. The standard InChI is InChI=1S/C14H16INS/c1-9-7-8-14(17-9)11(3)16-13-6-4-5-12(15)10(13)2/h4-8,11,16H,1-3H3. The lowest BCUT2D eigenvalue weighted by molar-refractivity contribution is 0.905. The van der Waals surface area contributed by atoms with Crippen molar-refractivity contribution in [3.8, 4) is 0 Å². The van der Waals surface area contributed by atoms with Gasteiger partial charge in [-0.1, -0.05) is 6.07 Å². The van der Waals surface area contributed by atoms with E-state index in [0.717, 1.165) is 0 Å². The number of hydrogen-bond acceptors (Lipinski definition) is 2. The number of rotatable bonds is 3. The first kappa shape index (κ1) is 12.9. The quantitative estimate of drug-likeness (QED) is 0.750. The van der Waals surface area contributed by atoms with E-state index in [-0.39, 0.29) is 0 Å². The van der Waals surface area contributed by atoms with Crippen molar-refractivity contribution in [2.24, 2.45) is 0 Å². The summed E-state index contributed by atoms with van der Waals surface area (Å²) >= 11 is 4.24. The number of anilines is 1. The molecule has 17 heavy (non-hydrogen) atoms. The molecule has 2 aromatic rings. The Balaban J connectivity index is 2.18. The first-order valence-corrected chi connectivity index (χ1v) is 7.55. The van der Waals surface area contributed by atoms with Crippen LogP contribution in [0.3, 0.4) is 0 Å². The zero-order chi connectivity index (χ0) is 12.4. The van der Waals surface area contributed by atoms with E-state index in [4.69, 9.17) is 0 Å². The van der Waals surface area contributed by atoms with Crippen LogP contribution in [0.5, 0.6) is 0 Å². The van der Waals surface area contributed by atoms with E-state index in [0.29, 0.717) is 6.04 Å². The van der Waals surface area contributed by atoms with Gasteiger partial charge >= 0.3 is 0 Å². The van der Waals surface area contributed by atoms with Crippen molar-refractivity contribution in [2.75, 3.05) is 5.32 Å². The molecule has 1 atom stereocenters. The lowest BCUT2D eigenvalue weighted by Gasteiger charge is -2.16. The second-order valence-electron chi connectivity index (χ2n) is 4.23. The Morgan fingerprint density at radius 3 is 2.59 bits per heavy atom. The molecular weight excluding hydrogens is 341 g/mol. The molecule has 0 aliphatic rings. The molecule has 0 fully saturated rings. The summed E-state index contributed by atoms with van der Waals surface area (Å²) in [6.45, 7) is 6.53. The Labute approximate surface area is 120 Å². The lowest BCUT2D eigenvalue weighted by Crippen LogP contribution is -2.06. The van der Waals surface area contributed by atoms with Crippen LogP contribution in [0, 0.1) is 17.4 Å². The lowest BCUT2D eigenvalue weighted by atomic mass is 10.1. The van der Waals surface area contributed by atoms with Gasteiger partial charge < -0.3 is 5.32 Å². The molecule has 90 valence electrons. The van der Waals surface area contributed by atoms with Crippen LogP contribution in [0.1, 0.15) is 28.3 Å². The first-order valence-electron chi connectivity index (χ1n) is 5.66. The van der Waals surface area contributed by atoms with Crippen LogP contribution in [0.25, 0.3) is 0 Å². The van der Waals surface area contributed by atoms with Crippen molar-refractivity contribution in [1.82, 2.24) is 0 Å². The van der Waals surface area contributed by atoms with Gasteiger partial charge in [-0.3, -0.25) is 0 Å². The van der Waals surface area contributed by atoms with E-state index in [9.17, 15) is 0 Å². The van der Waals surface area contributed by atoms with Gasteiger partial charge in [-0.2, -0.15) is 0 Å². The van der Waals surface area contributed by atoms with Gasteiger partial charge in [0.05, 0.1) is 6.04 Å². The summed E-state index contributed by atoms with van der Waals surface area (Å²) in [5.74, 6) is 0. The smallest absolute Gasteiger partial charge is 0.0578 e. The van der Waals surface area contributed by atoms with Crippen molar-refractivity contribution < 1.29 is 0 Å². The molecule has 0 saturated carbocycles. The fraction of sp³-hybridized carbons (Fsp3) is 0.286. The molecule has 1 nitrogen and oxygen atoms in total. The highest BCUT2D eigenvalue weighted by Crippen LogP contribution is 2.28. The van der Waals surface area contributed by atoms with Gasteiger partial charge in [0.15, 0.2) is 0 Å². The van der Waals surface area contributed by atoms with Gasteiger partial charge in [-0.25, -0.2) is 0 Å². The maximum absolute atomic E-state index is 3.59. The maximum Gasteiger partial charge on any atom is 0.0578 e. The zero-order valence-electron chi connectivity index (χ0n) is 10.3. The van der Waals surface area contributed by atoms with E-state index in [1.54, 1.807) is 0 Å². The Morgan fingerprint density at radius 2 is 1.94 bits per heavy atom. The second kappa shape index (κ2) is 5.40. The summed E-state index contributed by atoms with van der Waals surface area (Å²) in [6, 6.07) is 11.1. The molecular formula is C14H16INS. The van der Waals surface area contributed by atoms with Crippen LogP contribution in [-0.4, -0.2) is 0 Å². The molecule has 1 aromatic heterocycles. The Kier molecular flexibility index (Phi) is 4.09. The highest BCUT2D eigenvalue weighted by atomic mass is 127. The molecule has 0 radical (unpaired) electrons. The third kappa shape index (κ3) is 3.01. The summed E-state index contributed by atoms with van der Waals surface area (Å²) in [5, 5.41) is 3.59. The maximum atomic E-state index is 3.59. The fourth-order valence-corrected chi connectivity index (χ4v) is 3.13. The van der Waals surface area contributed by atoms with E-state index in [2.05, 4.69) is 79.0 Å². The molecule has 2 rings (SSSR count). The van der Waals surface area contributed by atoms with Gasteiger partial charge in [0.25, 0.3) is 0 Å². The number of halogens is 1. The molecule has 0 spiro atoms. The molecule has 0 aliphatic heterocycles. The Hall–Kier alpha value is -0.550. The number of hydrogen-bond donors (Lipinski definition) is 1. The molecule has 1 unspecified atom stereocenters. The van der Waals surface area contributed by atoms with Gasteiger partial charge in [-0.15, -0.1) is 11.3 Å². The number of thiophene rings is 1. The van der Waals surface area contributed by atoms with Crippen LogP contribution in [0.4, 0.5) is 5.69 Å². The number of aryl methyl sites for hydroxylation is 1. The predicted molar refractivity (Wildman–Crippen MR) is 85.0 cm³/mol. The van der Waals surface area contributed by atoms with Crippen LogP contribution in [0.15, 0.2) is 30.3 Å². The minimum atomic E-state index is 0.366. The molecule has 0 saturated heterocycles. The molecule has 1 N–H and O–H groups in total. The third-order valence-corrected chi connectivity index (χ3v) is 5.18. The zero-order valence-corrected chi connectivity index (χ0v) is 13.2. The van der Waals surface area contributed by atoms with E-state index < -0.39 is 0 Å². The highest BCUT2D eigenvalue weighted by Gasteiger charge is 2.09. The minimum Gasteiger partial charge on any atom is -0.377 e. The summed E-state index contributed by atoms with van der Waals surface area (Å²) in [5.41, 5.74) is 2.56. The highest BCUT2D eigenvalue weighted by molar-refractivity contribution is 14.1. The van der Waals surface area contributed by atoms with Crippen molar-refractivity contribution in [3.63, 3.8) is 0 Å². The predicted octanol–water partition coefficient (Wildman–Crippen LogP) is 5.14. The molecule has 0 amide bonds. The fourth-order valence-electron chi connectivity index (χ4n) is 1.75. The topological polar surface area (TPSA) is 12.0 Å². The number of benzene rings is 1. The molecule has 1 aromatic carbocycles. The van der Waals surface area contributed by atoms with Crippen LogP contribution >= 0.6 is 33.9 Å². The molecule has 3 heteroatoms. The molecule has 1 heterocycles. The van der Waals surface area contributed by atoms with Crippen LogP contribution in [0.2, 0.25) is 0 Å². The minimum absolute atomic E-state index is 0.366.